The van der Waals surface area contributed by atoms with Crippen molar-refractivity contribution in [3.8, 4) is 0 Å². The van der Waals surface area contributed by atoms with E-state index in [0.717, 1.165) is 23.1 Å². The minimum Gasteiger partial charge on any atom is -0.345 e. The molecule has 4 nitrogen and oxygen atoms in total. The molecule has 1 aliphatic heterocycles. The highest BCUT2D eigenvalue weighted by atomic mass is 35.5. The number of rotatable bonds is 3. The van der Waals surface area contributed by atoms with E-state index < -0.39 is 0 Å². The topological polar surface area (TPSA) is 49.0 Å². The summed E-state index contributed by atoms with van der Waals surface area (Å²) in [6, 6.07) is 6.04. The predicted molar refractivity (Wildman–Crippen MR) is 70.3 cm³/mol. The molecule has 0 bridgehead atoms. The number of likely N-dealkylation sites (tertiary alicyclic amines) is 1. The number of aromatic nitrogens is 2. The molecular weight excluding hydrogens is 250 g/mol. The number of amides is 1. The molecule has 1 amide bonds. The molecule has 1 aromatic carbocycles. The summed E-state index contributed by atoms with van der Waals surface area (Å²) in [6.07, 6.45) is 2.26. The zero-order valence-corrected chi connectivity index (χ0v) is 10.7. The fraction of sp³-hybridized carbons (Fsp3) is 0.385. The number of carbonyl (C=O) groups is 1. The van der Waals surface area contributed by atoms with Crippen molar-refractivity contribution in [3.05, 3.63) is 30.1 Å². The molecule has 1 fully saturated rings. The van der Waals surface area contributed by atoms with E-state index in [1.165, 1.54) is 0 Å². The summed E-state index contributed by atoms with van der Waals surface area (Å²) in [4.78, 5) is 20.9. The minimum atomic E-state index is 0.199. The number of carbonyl (C=O) groups excluding carboxylic acids is 1. The van der Waals surface area contributed by atoms with Crippen LogP contribution in [-0.4, -0.2) is 33.2 Å². The van der Waals surface area contributed by atoms with Crippen molar-refractivity contribution in [3.63, 3.8) is 0 Å². The molecule has 0 spiro atoms. The lowest BCUT2D eigenvalue weighted by Crippen LogP contribution is -2.24. The second-order valence-electron chi connectivity index (χ2n) is 4.75. The van der Waals surface area contributed by atoms with Gasteiger partial charge in [-0.2, -0.15) is 0 Å². The molecule has 1 N–H and O–H groups in total. The van der Waals surface area contributed by atoms with Crippen molar-refractivity contribution in [2.45, 2.75) is 13.0 Å². The number of fused-ring (bicyclic) bond motifs is 1. The Morgan fingerprint density at radius 3 is 3.17 bits per heavy atom. The van der Waals surface area contributed by atoms with Crippen LogP contribution in [0.15, 0.2) is 24.5 Å². The van der Waals surface area contributed by atoms with Crippen molar-refractivity contribution >= 4 is 28.5 Å². The van der Waals surface area contributed by atoms with E-state index in [9.17, 15) is 4.79 Å². The Hall–Kier alpha value is -1.55. The van der Waals surface area contributed by atoms with Gasteiger partial charge in [-0.3, -0.25) is 4.79 Å². The van der Waals surface area contributed by atoms with Crippen LogP contribution in [-0.2, 0) is 11.3 Å². The second-order valence-corrected chi connectivity index (χ2v) is 5.06. The average Bonchev–Trinajstić information content (AvgIpc) is 2.96. The number of aromatic amines is 1. The SMILES string of the molecule is O=C1CC(CCl)CN1Cc1ccc2nc[nH]c2c1. The molecule has 0 radical (unpaired) electrons. The van der Waals surface area contributed by atoms with Gasteiger partial charge in [-0.05, 0) is 23.6 Å². The van der Waals surface area contributed by atoms with Gasteiger partial charge >= 0.3 is 0 Å². The summed E-state index contributed by atoms with van der Waals surface area (Å²) in [5, 5.41) is 0. The molecule has 18 heavy (non-hydrogen) atoms. The van der Waals surface area contributed by atoms with Gasteiger partial charge in [0, 0.05) is 25.4 Å². The minimum absolute atomic E-state index is 0.199. The first-order valence-electron chi connectivity index (χ1n) is 6.02. The number of nitrogens with zero attached hydrogens (tertiary/aromatic N) is 2. The second kappa shape index (κ2) is 4.61. The molecule has 5 heteroatoms. The van der Waals surface area contributed by atoms with Crippen LogP contribution in [0.25, 0.3) is 11.0 Å². The molecule has 0 aliphatic carbocycles. The maximum Gasteiger partial charge on any atom is 0.223 e. The molecule has 3 rings (SSSR count). The first kappa shape index (κ1) is 11.5. The molecule has 1 aromatic heterocycles. The molecule has 0 saturated carbocycles. The van der Waals surface area contributed by atoms with Gasteiger partial charge in [0.05, 0.1) is 17.4 Å². The Kier molecular flexibility index (Phi) is 2.96. The first-order valence-corrected chi connectivity index (χ1v) is 6.55. The largest absolute Gasteiger partial charge is 0.345 e. The quantitative estimate of drug-likeness (QED) is 0.863. The van der Waals surface area contributed by atoms with E-state index >= 15 is 0 Å². The maximum absolute atomic E-state index is 11.8. The van der Waals surface area contributed by atoms with Gasteiger partial charge in [-0.25, -0.2) is 4.98 Å². The van der Waals surface area contributed by atoms with Crippen LogP contribution in [0, 0.1) is 5.92 Å². The number of hydrogen-bond acceptors (Lipinski definition) is 2. The summed E-state index contributed by atoms with van der Waals surface area (Å²) in [5.74, 6) is 1.06. The standard InChI is InChI=1S/C13H14ClN3O/c14-5-10-4-13(18)17(7-10)6-9-1-2-11-12(3-9)16-8-15-11/h1-3,8,10H,4-7H2,(H,15,16). The summed E-state index contributed by atoms with van der Waals surface area (Å²) in [5.41, 5.74) is 3.08. The third kappa shape index (κ3) is 2.08. The molecule has 2 heterocycles. The normalized spacial score (nSPS) is 19.9. The zero-order chi connectivity index (χ0) is 12.5. The van der Waals surface area contributed by atoms with Crippen LogP contribution in [0.1, 0.15) is 12.0 Å². The van der Waals surface area contributed by atoms with E-state index in [2.05, 4.69) is 9.97 Å². The summed E-state index contributed by atoms with van der Waals surface area (Å²) < 4.78 is 0. The third-order valence-electron chi connectivity index (χ3n) is 3.37. The molecule has 1 aliphatic rings. The third-order valence-corrected chi connectivity index (χ3v) is 3.81. The highest BCUT2D eigenvalue weighted by Crippen LogP contribution is 2.22. The van der Waals surface area contributed by atoms with E-state index in [4.69, 9.17) is 11.6 Å². The van der Waals surface area contributed by atoms with Crippen molar-refractivity contribution in [1.82, 2.24) is 14.9 Å². The number of hydrogen-bond donors (Lipinski definition) is 1. The summed E-state index contributed by atoms with van der Waals surface area (Å²) in [6.45, 7) is 1.42. The highest BCUT2D eigenvalue weighted by Gasteiger charge is 2.28. The van der Waals surface area contributed by atoms with Crippen LogP contribution < -0.4 is 0 Å². The molecule has 1 unspecified atom stereocenters. The Morgan fingerprint density at radius 2 is 2.39 bits per heavy atom. The molecular formula is C13H14ClN3O. The highest BCUT2D eigenvalue weighted by molar-refractivity contribution is 6.18. The van der Waals surface area contributed by atoms with Crippen LogP contribution in [0.4, 0.5) is 0 Å². The molecule has 2 aromatic rings. The van der Waals surface area contributed by atoms with Crippen molar-refractivity contribution < 1.29 is 4.79 Å². The van der Waals surface area contributed by atoms with Gasteiger partial charge in [-0.15, -0.1) is 11.6 Å². The van der Waals surface area contributed by atoms with Gasteiger partial charge in [0.25, 0.3) is 0 Å². The smallest absolute Gasteiger partial charge is 0.223 e. The zero-order valence-electron chi connectivity index (χ0n) is 9.90. The number of nitrogens with one attached hydrogen (secondary N) is 1. The Morgan fingerprint density at radius 1 is 1.50 bits per heavy atom. The monoisotopic (exact) mass is 263 g/mol. The number of H-pyrrole nitrogens is 1. The van der Waals surface area contributed by atoms with Crippen molar-refractivity contribution in [1.29, 1.82) is 0 Å². The average molecular weight is 264 g/mol. The Bertz CT molecular complexity index is 580. The fourth-order valence-electron chi connectivity index (χ4n) is 2.41. The van der Waals surface area contributed by atoms with Gasteiger partial charge < -0.3 is 9.88 Å². The van der Waals surface area contributed by atoms with E-state index in [1.54, 1.807) is 6.33 Å². The summed E-state index contributed by atoms with van der Waals surface area (Å²) >= 11 is 5.81. The van der Waals surface area contributed by atoms with Crippen LogP contribution >= 0.6 is 11.6 Å². The maximum atomic E-state index is 11.8. The van der Waals surface area contributed by atoms with Crippen molar-refractivity contribution in [2.75, 3.05) is 12.4 Å². The Balaban J connectivity index is 1.77. The van der Waals surface area contributed by atoms with Crippen LogP contribution in [0.2, 0.25) is 0 Å². The number of benzene rings is 1. The fourth-order valence-corrected chi connectivity index (χ4v) is 2.62. The number of alkyl halides is 1. The van der Waals surface area contributed by atoms with Gasteiger partial charge in [0.2, 0.25) is 5.91 Å². The molecule has 1 saturated heterocycles. The lowest BCUT2D eigenvalue weighted by molar-refractivity contribution is -0.128. The van der Waals surface area contributed by atoms with E-state index in [1.807, 2.05) is 23.1 Å². The lowest BCUT2D eigenvalue weighted by Gasteiger charge is -2.16. The van der Waals surface area contributed by atoms with E-state index in [-0.39, 0.29) is 5.91 Å². The van der Waals surface area contributed by atoms with Gasteiger partial charge in [0.15, 0.2) is 0 Å². The van der Waals surface area contributed by atoms with Gasteiger partial charge in [0.1, 0.15) is 0 Å². The summed E-state index contributed by atoms with van der Waals surface area (Å²) in [7, 11) is 0. The van der Waals surface area contributed by atoms with E-state index in [0.29, 0.717) is 24.8 Å². The van der Waals surface area contributed by atoms with Crippen LogP contribution in [0.5, 0.6) is 0 Å². The van der Waals surface area contributed by atoms with Gasteiger partial charge in [-0.1, -0.05) is 6.07 Å². The number of halogens is 1. The Labute approximate surface area is 110 Å². The van der Waals surface area contributed by atoms with Crippen molar-refractivity contribution in [2.24, 2.45) is 5.92 Å². The predicted octanol–water partition coefficient (Wildman–Crippen LogP) is 2.15. The molecule has 94 valence electrons. The molecule has 1 atom stereocenters. The van der Waals surface area contributed by atoms with Crippen LogP contribution in [0.3, 0.4) is 0 Å². The number of imidazole rings is 1. The lowest BCUT2D eigenvalue weighted by atomic mass is 10.1. The first-order chi connectivity index (χ1) is 8.76.